The smallest absolute Gasteiger partial charge is 0.250 e. The van der Waals surface area contributed by atoms with E-state index < -0.39 is 5.91 Å². The summed E-state index contributed by atoms with van der Waals surface area (Å²) in [6, 6.07) is 3.12. The van der Waals surface area contributed by atoms with Crippen LogP contribution in [-0.4, -0.2) is 26.2 Å². The fourth-order valence-corrected chi connectivity index (χ4v) is 2.09. The monoisotopic (exact) mass is 299 g/mol. The van der Waals surface area contributed by atoms with Crippen LogP contribution in [0.5, 0.6) is 0 Å². The molecule has 0 unspecified atom stereocenters. The van der Waals surface area contributed by atoms with Crippen LogP contribution in [0.4, 0.5) is 11.4 Å². The number of methoxy groups -OCH3 is 1. The van der Waals surface area contributed by atoms with Crippen molar-refractivity contribution in [2.24, 2.45) is 11.1 Å². The van der Waals surface area contributed by atoms with Crippen LogP contribution < -0.4 is 16.8 Å². The topological polar surface area (TPSA) is 90.4 Å². The first-order chi connectivity index (χ1) is 9.26. The van der Waals surface area contributed by atoms with Crippen LogP contribution in [0.2, 0.25) is 5.02 Å². The van der Waals surface area contributed by atoms with Gasteiger partial charge in [0.1, 0.15) is 0 Å². The second kappa shape index (κ2) is 6.81. The number of halogens is 1. The summed E-state index contributed by atoms with van der Waals surface area (Å²) in [7, 11) is 1.67. The molecule has 0 spiro atoms. The Hall–Kier alpha value is -1.46. The maximum absolute atomic E-state index is 11.5. The standard InChI is InChI=1S/C14H22ClN3O2/c1-14(2,4-5-20-3)8-18-12-10(13(17)19)6-9(16)7-11(12)15/h6-7,18H,4-5,8,16H2,1-3H3,(H2,17,19). The Morgan fingerprint density at radius 2 is 2.10 bits per heavy atom. The Labute approximate surface area is 124 Å². The van der Waals surface area contributed by atoms with Crippen molar-refractivity contribution in [3.8, 4) is 0 Å². The quantitative estimate of drug-likeness (QED) is 0.675. The van der Waals surface area contributed by atoms with Crippen molar-refractivity contribution in [3.05, 3.63) is 22.7 Å². The average molecular weight is 300 g/mol. The summed E-state index contributed by atoms with van der Waals surface area (Å²) < 4.78 is 5.09. The van der Waals surface area contributed by atoms with Gasteiger partial charge in [0.25, 0.3) is 5.91 Å². The number of ether oxygens (including phenoxy) is 1. The number of hydrogen-bond donors (Lipinski definition) is 3. The minimum absolute atomic E-state index is 0.00432. The molecule has 0 aliphatic heterocycles. The molecule has 5 N–H and O–H groups in total. The maximum atomic E-state index is 11.5. The summed E-state index contributed by atoms with van der Waals surface area (Å²) in [6.07, 6.45) is 0.884. The summed E-state index contributed by atoms with van der Waals surface area (Å²) >= 11 is 6.14. The van der Waals surface area contributed by atoms with Crippen molar-refractivity contribution in [2.75, 3.05) is 31.3 Å². The van der Waals surface area contributed by atoms with E-state index in [2.05, 4.69) is 19.2 Å². The lowest BCUT2D eigenvalue weighted by Crippen LogP contribution is -2.26. The van der Waals surface area contributed by atoms with E-state index in [9.17, 15) is 4.79 Å². The number of nitrogens with one attached hydrogen (secondary N) is 1. The fraction of sp³-hybridized carbons (Fsp3) is 0.500. The molecule has 6 heteroatoms. The molecule has 0 saturated carbocycles. The number of nitrogen functional groups attached to an aromatic ring is 1. The fourth-order valence-electron chi connectivity index (χ4n) is 1.80. The number of primary amides is 1. The summed E-state index contributed by atoms with van der Waals surface area (Å²) in [4.78, 5) is 11.5. The van der Waals surface area contributed by atoms with Gasteiger partial charge in [0.15, 0.2) is 0 Å². The van der Waals surface area contributed by atoms with Crippen molar-refractivity contribution in [3.63, 3.8) is 0 Å². The largest absolute Gasteiger partial charge is 0.399 e. The second-order valence-electron chi connectivity index (χ2n) is 5.55. The van der Waals surface area contributed by atoms with Gasteiger partial charge in [0.2, 0.25) is 0 Å². The zero-order chi connectivity index (χ0) is 15.3. The molecule has 1 amide bonds. The Balaban J connectivity index is 2.89. The molecule has 1 rings (SSSR count). The number of carbonyl (C=O) groups excluding carboxylic acids is 1. The van der Waals surface area contributed by atoms with E-state index in [-0.39, 0.29) is 5.41 Å². The van der Waals surface area contributed by atoms with Crippen molar-refractivity contribution in [1.29, 1.82) is 0 Å². The van der Waals surface area contributed by atoms with Crippen LogP contribution in [-0.2, 0) is 4.74 Å². The molecular weight excluding hydrogens is 278 g/mol. The highest BCUT2D eigenvalue weighted by Gasteiger charge is 2.20. The van der Waals surface area contributed by atoms with E-state index >= 15 is 0 Å². The number of rotatable bonds is 7. The molecular formula is C14H22ClN3O2. The predicted octanol–water partition coefficient (Wildman–Crippen LogP) is 2.50. The van der Waals surface area contributed by atoms with Crippen LogP contribution in [0.25, 0.3) is 0 Å². The number of anilines is 2. The van der Waals surface area contributed by atoms with Gasteiger partial charge in [-0.05, 0) is 24.0 Å². The average Bonchev–Trinajstić information content (AvgIpc) is 2.34. The zero-order valence-corrected chi connectivity index (χ0v) is 12.9. The van der Waals surface area contributed by atoms with E-state index in [0.717, 1.165) is 6.42 Å². The van der Waals surface area contributed by atoms with Gasteiger partial charge in [-0.3, -0.25) is 4.79 Å². The highest BCUT2D eigenvalue weighted by molar-refractivity contribution is 6.34. The third-order valence-electron chi connectivity index (χ3n) is 3.10. The molecule has 0 radical (unpaired) electrons. The van der Waals surface area contributed by atoms with E-state index in [1.807, 2.05) is 0 Å². The van der Waals surface area contributed by atoms with E-state index in [4.69, 9.17) is 27.8 Å². The zero-order valence-electron chi connectivity index (χ0n) is 12.1. The van der Waals surface area contributed by atoms with Gasteiger partial charge in [-0.1, -0.05) is 25.4 Å². The minimum Gasteiger partial charge on any atom is -0.399 e. The SMILES string of the molecule is COCCC(C)(C)CNc1c(Cl)cc(N)cc1C(N)=O. The van der Waals surface area contributed by atoms with Crippen LogP contribution in [0.1, 0.15) is 30.6 Å². The number of amides is 1. The van der Waals surface area contributed by atoms with Crippen LogP contribution in [0.3, 0.4) is 0 Å². The predicted molar refractivity (Wildman–Crippen MR) is 83.1 cm³/mol. The molecule has 112 valence electrons. The van der Waals surface area contributed by atoms with Crippen molar-refractivity contribution < 1.29 is 9.53 Å². The van der Waals surface area contributed by atoms with Gasteiger partial charge >= 0.3 is 0 Å². The number of nitrogens with two attached hydrogens (primary N) is 2. The highest BCUT2D eigenvalue weighted by Crippen LogP contribution is 2.31. The number of hydrogen-bond acceptors (Lipinski definition) is 4. The molecule has 0 saturated heterocycles. The first-order valence-electron chi connectivity index (χ1n) is 6.38. The van der Waals surface area contributed by atoms with E-state index in [0.29, 0.717) is 35.1 Å². The Kier molecular flexibility index (Phi) is 5.65. The summed E-state index contributed by atoms with van der Waals surface area (Å²) in [6.45, 7) is 5.52. The summed E-state index contributed by atoms with van der Waals surface area (Å²) in [5.41, 5.74) is 12.3. The Morgan fingerprint density at radius 3 is 2.65 bits per heavy atom. The molecule has 1 aromatic carbocycles. The molecule has 5 nitrogen and oxygen atoms in total. The molecule has 0 aliphatic rings. The van der Waals surface area contributed by atoms with Crippen molar-refractivity contribution in [1.82, 2.24) is 0 Å². The van der Waals surface area contributed by atoms with Crippen LogP contribution in [0.15, 0.2) is 12.1 Å². The maximum Gasteiger partial charge on any atom is 0.250 e. The van der Waals surface area contributed by atoms with Gasteiger partial charge < -0.3 is 21.5 Å². The molecule has 0 atom stereocenters. The molecule has 20 heavy (non-hydrogen) atoms. The van der Waals surface area contributed by atoms with Gasteiger partial charge in [0.05, 0.1) is 16.3 Å². The molecule has 0 bridgehead atoms. The van der Waals surface area contributed by atoms with E-state index in [1.54, 1.807) is 13.2 Å². The summed E-state index contributed by atoms with van der Waals surface area (Å²) in [5.74, 6) is -0.559. The number of benzene rings is 1. The minimum atomic E-state index is -0.559. The van der Waals surface area contributed by atoms with Gasteiger partial charge in [-0.2, -0.15) is 0 Å². The van der Waals surface area contributed by atoms with Crippen LogP contribution >= 0.6 is 11.6 Å². The highest BCUT2D eigenvalue weighted by atomic mass is 35.5. The van der Waals surface area contributed by atoms with Crippen molar-refractivity contribution >= 4 is 28.9 Å². The third-order valence-corrected chi connectivity index (χ3v) is 3.40. The Morgan fingerprint density at radius 1 is 1.45 bits per heavy atom. The van der Waals surface area contributed by atoms with Gasteiger partial charge in [0, 0.05) is 25.9 Å². The molecule has 0 aliphatic carbocycles. The normalized spacial score (nSPS) is 11.4. The van der Waals surface area contributed by atoms with Crippen LogP contribution in [0, 0.1) is 5.41 Å². The lowest BCUT2D eigenvalue weighted by Gasteiger charge is -2.26. The Bertz CT molecular complexity index is 490. The first-order valence-corrected chi connectivity index (χ1v) is 6.76. The van der Waals surface area contributed by atoms with Gasteiger partial charge in [-0.15, -0.1) is 0 Å². The van der Waals surface area contributed by atoms with Crippen molar-refractivity contribution in [2.45, 2.75) is 20.3 Å². The molecule has 1 aromatic rings. The first kappa shape index (κ1) is 16.6. The summed E-state index contributed by atoms with van der Waals surface area (Å²) in [5, 5.41) is 3.59. The lowest BCUT2D eigenvalue weighted by atomic mass is 9.89. The molecule has 0 aromatic heterocycles. The number of carbonyl (C=O) groups is 1. The molecule has 0 fully saturated rings. The lowest BCUT2D eigenvalue weighted by molar-refractivity contribution is 0.100. The third kappa shape index (κ3) is 4.58. The van der Waals surface area contributed by atoms with Gasteiger partial charge in [-0.25, -0.2) is 0 Å². The van der Waals surface area contributed by atoms with E-state index in [1.165, 1.54) is 6.07 Å². The second-order valence-corrected chi connectivity index (χ2v) is 5.96. The molecule has 0 heterocycles.